The highest BCUT2D eigenvalue weighted by Gasteiger charge is 2.24. The van der Waals surface area contributed by atoms with Crippen LogP contribution in [-0.4, -0.2) is 66.1 Å². The van der Waals surface area contributed by atoms with Gasteiger partial charge < -0.3 is 14.7 Å². The van der Waals surface area contributed by atoms with Crippen LogP contribution in [0.5, 0.6) is 5.75 Å². The van der Waals surface area contributed by atoms with Crippen molar-refractivity contribution in [2.24, 2.45) is 0 Å². The van der Waals surface area contributed by atoms with Gasteiger partial charge in [0.15, 0.2) is 6.61 Å². The fourth-order valence-corrected chi connectivity index (χ4v) is 3.40. The molecule has 6 nitrogen and oxygen atoms in total. The standard InChI is InChI=1S/C17H22Cl2N2O4/c1-20(10-17(23)24)13-3-2-7-21(8-6-13)16(22)11-25-15-5-4-12(18)9-14(15)19/h4-5,9,13H,2-3,6-8,10-11H2,1H3,(H,23,24)/t13-/m0/s1. The quantitative estimate of drug-likeness (QED) is 0.810. The summed E-state index contributed by atoms with van der Waals surface area (Å²) < 4.78 is 5.50. The Labute approximate surface area is 157 Å². The number of aliphatic carboxylic acids is 1. The average Bonchev–Trinajstić information content (AvgIpc) is 2.79. The molecule has 138 valence electrons. The summed E-state index contributed by atoms with van der Waals surface area (Å²) in [5, 5.41) is 9.78. The number of amides is 1. The lowest BCUT2D eigenvalue weighted by atomic mass is 10.1. The van der Waals surface area contributed by atoms with Crippen molar-refractivity contribution in [1.29, 1.82) is 0 Å². The molecule has 25 heavy (non-hydrogen) atoms. The van der Waals surface area contributed by atoms with Gasteiger partial charge >= 0.3 is 5.97 Å². The largest absolute Gasteiger partial charge is 0.482 e. The molecule has 1 amide bonds. The lowest BCUT2D eigenvalue weighted by molar-refractivity contribution is -0.138. The van der Waals surface area contributed by atoms with Crippen molar-refractivity contribution in [3.05, 3.63) is 28.2 Å². The van der Waals surface area contributed by atoms with Crippen molar-refractivity contribution < 1.29 is 19.4 Å². The maximum Gasteiger partial charge on any atom is 0.317 e. The van der Waals surface area contributed by atoms with Gasteiger partial charge in [-0.3, -0.25) is 14.5 Å². The van der Waals surface area contributed by atoms with Crippen LogP contribution < -0.4 is 4.74 Å². The van der Waals surface area contributed by atoms with Crippen LogP contribution in [0.15, 0.2) is 18.2 Å². The molecule has 1 aromatic carbocycles. The first-order valence-electron chi connectivity index (χ1n) is 8.14. The van der Waals surface area contributed by atoms with Gasteiger partial charge in [0.25, 0.3) is 5.91 Å². The zero-order valence-corrected chi connectivity index (χ0v) is 15.6. The minimum Gasteiger partial charge on any atom is -0.482 e. The summed E-state index contributed by atoms with van der Waals surface area (Å²) >= 11 is 11.9. The molecule has 8 heteroatoms. The molecule has 1 N–H and O–H groups in total. The van der Waals surface area contributed by atoms with Crippen LogP contribution in [0.3, 0.4) is 0 Å². The predicted molar refractivity (Wildman–Crippen MR) is 96.4 cm³/mol. The highest BCUT2D eigenvalue weighted by Crippen LogP contribution is 2.27. The topological polar surface area (TPSA) is 70.1 Å². The van der Waals surface area contributed by atoms with Crippen molar-refractivity contribution in [3.63, 3.8) is 0 Å². The average molecular weight is 389 g/mol. The van der Waals surface area contributed by atoms with Gasteiger partial charge in [0.05, 0.1) is 11.6 Å². The molecule has 1 aliphatic rings. The Hall–Kier alpha value is -1.50. The number of nitrogens with zero attached hydrogens (tertiary/aromatic N) is 2. The van der Waals surface area contributed by atoms with Gasteiger partial charge in [0.1, 0.15) is 5.75 Å². The summed E-state index contributed by atoms with van der Waals surface area (Å²) in [5.74, 6) is -0.520. The minimum atomic E-state index is -0.840. The van der Waals surface area contributed by atoms with Crippen LogP contribution in [0.1, 0.15) is 19.3 Å². The SMILES string of the molecule is CN(CC(=O)O)[C@H]1CCCN(C(=O)COc2ccc(Cl)cc2Cl)CC1. The number of carbonyl (C=O) groups excluding carboxylic acids is 1. The molecule has 1 aliphatic heterocycles. The van der Waals surface area contributed by atoms with Gasteiger partial charge in [0, 0.05) is 24.2 Å². The molecule has 0 saturated carbocycles. The molecule has 1 heterocycles. The van der Waals surface area contributed by atoms with E-state index in [1.165, 1.54) is 0 Å². The zero-order chi connectivity index (χ0) is 18.4. The Bertz CT molecular complexity index is 627. The van der Waals surface area contributed by atoms with Gasteiger partial charge in [-0.2, -0.15) is 0 Å². The number of carboxylic acid groups (broad SMARTS) is 1. The van der Waals surface area contributed by atoms with Crippen LogP contribution in [-0.2, 0) is 9.59 Å². The fourth-order valence-electron chi connectivity index (χ4n) is 2.93. The number of likely N-dealkylation sites (N-methyl/N-ethyl adjacent to an activating group) is 1. The third-order valence-corrected chi connectivity index (χ3v) is 4.83. The van der Waals surface area contributed by atoms with E-state index >= 15 is 0 Å². The normalized spacial score (nSPS) is 18.1. The number of likely N-dealkylation sites (tertiary alicyclic amines) is 1. The summed E-state index contributed by atoms with van der Waals surface area (Å²) in [4.78, 5) is 26.8. The molecular weight excluding hydrogens is 367 g/mol. The van der Waals surface area contributed by atoms with Gasteiger partial charge in [-0.15, -0.1) is 0 Å². The Balaban J connectivity index is 1.85. The summed E-state index contributed by atoms with van der Waals surface area (Å²) in [7, 11) is 1.81. The second-order valence-corrected chi connectivity index (χ2v) is 6.98. The molecule has 0 aliphatic carbocycles. The van der Waals surface area contributed by atoms with Crippen molar-refractivity contribution >= 4 is 35.1 Å². The smallest absolute Gasteiger partial charge is 0.317 e. The van der Waals surface area contributed by atoms with Crippen molar-refractivity contribution in [2.45, 2.75) is 25.3 Å². The Morgan fingerprint density at radius 1 is 1.32 bits per heavy atom. The molecule has 1 atom stereocenters. The van der Waals surface area contributed by atoms with Crippen molar-refractivity contribution in [3.8, 4) is 5.75 Å². The van der Waals surface area contributed by atoms with Gasteiger partial charge in [-0.05, 0) is 44.5 Å². The monoisotopic (exact) mass is 388 g/mol. The second kappa shape index (κ2) is 9.27. The van der Waals surface area contributed by atoms with E-state index in [1.54, 1.807) is 23.1 Å². The van der Waals surface area contributed by atoms with E-state index in [4.69, 9.17) is 33.0 Å². The minimum absolute atomic E-state index is 0.0107. The van der Waals surface area contributed by atoms with Crippen LogP contribution in [0.4, 0.5) is 0 Å². The third kappa shape index (κ3) is 6.06. The summed E-state index contributed by atoms with van der Waals surface area (Å²) in [6.07, 6.45) is 2.46. The van der Waals surface area contributed by atoms with Crippen LogP contribution in [0, 0.1) is 0 Å². The summed E-state index contributed by atoms with van der Waals surface area (Å²) in [6, 6.07) is 5.03. The Morgan fingerprint density at radius 2 is 2.08 bits per heavy atom. The maximum absolute atomic E-state index is 12.4. The molecule has 0 bridgehead atoms. The van der Waals surface area contributed by atoms with Gasteiger partial charge in [-0.1, -0.05) is 23.2 Å². The zero-order valence-electron chi connectivity index (χ0n) is 14.1. The Morgan fingerprint density at radius 3 is 2.76 bits per heavy atom. The molecule has 1 saturated heterocycles. The fraction of sp³-hybridized carbons (Fsp3) is 0.529. The number of halogens is 2. The predicted octanol–water partition coefficient (Wildman–Crippen LogP) is 2.77. The number of ether oxygens (including phenoxy) is 1. The van der Waals surface area contributed by atoms with E-state index in [0.29, 0.717) is 28.9 Å². The molecule has 0 spiro atoms. The first-order chi connectivity index (χ1) is 11.9. The van der Waals surface area contributed by atoms with Gasteiger partial charge in [0.2, 0.25) is 0 Å². The third-order valence-electron chi connectivity index (χ3n) is 4.30. The van der Waals surface area contributed by atoms with E-state index in [9.17, 15) is 9.59 Å². The molecule has 0 unspecified atom stereocenters. The summed E-state index contributed by atoms with van der Waals surface area (Å²) in [5.41, 5.74) is 0. The number of carboxylic acids is 1. The van der Waals surface area contributed by atoms with E-state index in [1.807, 2.05) is 11.9 Å². The van der Waals surface area contributed by atoms with Crippen LogP contribution >= 0.6 is 23.2 Å². The highest BCUT2D eigenvalue weighted by atomic mass is 35.5. The number of hydrogen-bond donors (Lipinski definition) is 1. The van der Waals surface area contributed by atoms with Crippen molar-refractivity contribution in [2.75, 3.05) is 33.3 Å². The number of carbonyl (C=O) groups is 2. The molecule has 2 rings (SSSR count). The van der Waals surface area contributed by atoms with E-state index in [2.05, 4.69) is 0 Å². The van der Waals surface area contributed by atoms with E-state index in [-0.39, 0.29) is 25.1 Å². The first-order valence-corrected chi connectivity index (χ1v) is 8.90. The second-order valence-electron chi connectivity index (χ2n) is 6.14. The number of hydrogen-bond acceptors (Lipinski definition) is 4. The molecule has 1 aromatic rings. The molecule has 1 fully saturated rings. The lowest BCUT2D eigenvalue weighted by Crippen LogP contribution is -2.38. The van der Waals surface area contributed by atoms with Crippen molar-refractivity contribution in [1.82, 2.24) is 9.80 Å². The highest BCUT2D eigenvalue weighted by molar-refractivity contribution is 6.35. The van der Waals surface area contributed by atoms with E-state index in [0.717, 1.165) is 19.3 Å². The number of benzene rings is 1. The molecule has 0 aromatic heterocycles. The van der Waals surface area contributed by atoms with Crippen LogP contribution in [0.25, 0.3) is 0 Å². The van der Waals surface area contributed by atoms with Gasteiger partial charge in [-0.25, -0.2) is 0 Å². The van der Waals surface area contributed by atoms with E-state index < -0.39 is 5.97 Å². The molecular formula is C17H22Cl2N2O4. The summed E-state index contributed by atoms with van der Waals surface area (Å²) in [6.45, 7) is 1.16. The Kier molecular flexibility index (Phi) is 7.35. The first kappa shape index (κ1) is 19.8. The molecule has 0 radical (unpaired) electrons. The number of rotatable bonds is 6. The maximum atomic E-state index is 12.4. The van der Waals surface area contributed by atoms with Crippen LogP contribution in [0.2, 0.25) is 10.0 Å². The lowest BCUT2D eigenvalue weighted by Gasteiger charge is -2.25.